The number of rotatable bonds is 6. The number of hydrogen-bond acceptors (Lipinski definition) is 2. The molecule has 0 aliphatic carbocycles. The Morgan fingerprint density at radius 3 is 2.50 bits per heavy atom. The van der Waals surface area contributed by atoms with E-state index in [-0.39, 0.29) is 0 Å². The number of halogens is 1. The molecule has 1 atom stereocenters. The topological polar surface area (TPSA) is 15.3 Å². The summed E-state index contributed by atoms with van der Waals surface area (Å²) in [7, 11) is 0. The van der Waals surface area contributed by atoms with Crippen LogP contribution in [0, 0.1) is 0 Å². The zero-order chi connectivity index (χ0) is 14.4. The Morgan fingerprint density at radius 2 is 1.90 bits per heavy atom. The Labute approximate surface area is 132 Å². The Balaban J connectivity index is 1.76. The molecule has 0 radical (unpaired) electrons. The summed E-state index contributed by atoms with van der Waals surface area (Å²) in [5.74, 6) is 0. The van der Waals surface area contributed by atoms with Gasteiger partial charge in [0.25, 0.3) is 0 Å². The van der Waals surface area contributed by atoms with E-state index in [1.54, 1.807) is 0 Å². The Morgan fingerprint density at radius 1 is 1.25 bits per heavy atom. The number of hydrogen-bond donors (Lipinski definition) is 1. The normalized spacial score (nSPS) is 19.1. The summed E-state index contributed by atoms with van der Waals surface area (Å²) in [6, 6.07) is 9.78. The lowest BCUT2D eigenvalue weighted by molar-refractivity contribution is 0.190. The van der Waals surface area contributed by atoms with Crippen LogP contribution in [0.25, 0.3) is 0 Å². The van der Waals surface area contributed by atoms with Crippen molar-refractivity contribution in [3.63, 3.8) is 0 Å². The van der Waals surface area contributed by atoms with Crippen LogP contribution >= 0.6 is 15.9 Å². The number of unbranched alkanes of at least 4 members (excludes halogenated alkanes) is 1. The first-order valence-electron chi connectivity index (χ1n) is 7.93. The van der Waals surface area contributed by atoms with Crippen LogP contribution in [0.15, 0.2) is 28.7 Å². The van der Waals surface area contributed by atoms with Crippen LogP contribution in [0.2, 0.25) is 0 Å². The quantitative estimate of drug-likeness (QED) is 0.828. The molecule has 1 aromatic carbocycles. The van der Waals surface area contributed by atoms with Crippen molar-refractivity contribution in [3.8, 4) is 0 Å². The van der Waals surface area contributed by atoms with Crippen LogP contribution in [0.3, 0.4) is 0 Å². The highest BCUT2D eigenvalue weighted by Crippen LogP contribution is 2.19. The van der Waals surface area contributed by atoms with Gasteiger partial charge >= 0.3 is 0 Å². The molecule has 1 N–H and O–H groups in total. The van der Waals surface area contributed by atoms with Gasteiger partial charge in [-0.05, 0) is 63.5 Å². The molecule has 1 fully saturated rings. The molecule has 2 nitrogen and oxygen atoms in total. The Hall–Kier alpha value is -0.380. The van der Waals surface area contributed by atoms with Gasteiger partial charge in [0, 0.05) is 16.6 Å². The van der Waals surface area contributed by atoms with Crippen LogP contribution in [-0.4, -0.2) is 30.6 Å². The van der Waals surface area contributed by atoms with E-state index in [4.69, 9.17) is 0 Å². The van der Waals surface area contributed by atoms with Crippen molar-refractivity contribution in [2.45, 2.75) is 51.6 Å². The third kappa shape index (κ3) is 4.87. The van der Waals surface area contributed by atoms with Gasteiger partial charge in [0.05, 0.1) is 0 Å². The van der Waals surface area contributed by atoms with E-state index < -0.39 is 0 Å². The molecule has 1 heterocycles. The lowest BCUT2D eigenvalue weighted by Crippen LogP contribution is -2.43. The van der Waals surface area contributed by atoms with Crippen molar-refractivity contribution in [1.82, 2.24) is 10.2 Å². The molecule has 0 amide bonds. The third-order valence-corrected chi connectivity index (χ3v) is 4.80. The fourth-order valence-electron chi connectivity index (χ4n) is 2.91. The summed E-state index contributed by atoms with van der Waals surface area (Å²) in [5, 5.41) is 3.79. The number of likely N-dealkylation sites (tertiary alicyclic amines) is 1. The van der Waals surface area contributed by atoms with Gasteiger partial charge in [-0.1, -0.05) is 41.4 Å². The van der Waals surface area contributed by atoms with Gasteiger partial charge in [-0.2, -0.15) is 0 Å². The van der Waals surface area contributed by atoms with E-state index in [0.29, 0.717) is 12.1 Å². The highest BCUT2D eigenvalue weighted by Gasteiger charge is 2.20. The zero-order valence-corrected chi connectivity index (χ0v) is 14.3. The highest BCUT2D eigenvalue weighted by atomic mass is 79.9. The second kappa shape index (κ2) is 8.16. The minimum atomic E-state index is 0.440. The fourth-order valence-corrected chi connectivity index (χ4v) is 3.17. The highest BCUT2D eigenvalue weighted by molar-refractivity contribution is 9.10. The maximum atomic E-state index is 3.79. The minimum absolute atomic E-state index is 0.440. The molecule has 1 aromatic rings. The van der Waals surface area contributed by atoms with E-state index in [1.807, 2.05) is 0 Å². The van der Waals surface area contributed by atoms with Gasteiger partial charge < -0.3 is 10.2 Å². The summed E-state index contributed by atoms with van der Waals surface area (Å²) in [4.78, 5) is 2.62. The SMILES string of the molecule is CCCCN1CCC(NC(C)c2ccc(Br)cc2)CC1. The van der Waals surface area contributed by atoms with Gasteiger partial charge in [0.15, 0.2) is 0 Å². The second-order valence-electron chi connectivity index (χ2n) is 5.91. The Bertz CT molecular complexity index is 382. The first-order valence-corrected chi connectivity index (χ1v) is 8.72. The van der Waals surface area contributed by atoms with E-state index in [9.17, 15) is 0 Å². The third-order valence-electron chi connectivity index (χ3n) is 4.27. The molecule has 0 aromatic heterocycles. The van der Waals surface area contributed by atoms with Gasteiger partial charge in [-0.25, -0.2) is 0 Å². The molecular weight excluding hydrogens is 312 g/mol. The molecular formula is C17H27BrN2. The molecule has 20 heavy (non-hydrogen) atoms. The van der Waals surface area contributed by atoms with Gasteiger partial charge in [-0.15, -0.1) is 0 Å². The van der Waals surface area contributed by atoms with Crippen molar-refractivity contribution in [2.75, 3.05) is 19.6 Å². The lowest BCUT2D eigenvalue weighted by Gasteiger charge is -2.34. The number of nitrogens with one attached hydrogen (secondary N) is 1. The maximum Gasteiger partial charge on any atom is 0.0294 e. The summed E-state index contributed by atoms with van der Waals surface area (Å²) >= 11 is 3.49. The van der Waals surface area contributed by atoms with Gasteiger partial charge in [0.2, 0.25) is 0 Å². The minimum Gasteiger partial charge on any atom is -0.307 e. The largest absolute Gasteiger partial charge is 0.307 e. The van der Waals surface area contributed by atoms with Crippen molar-refractivity contribution in [2.24, 2.45) is 0 Å². The number of piperidine rings is 1. The van der Waals surface area contributed by atoms with E-state index in [2.05, 4.69) is 64.3 Å². The molecule has 3 heteroatoms. The molecule has 0 saturated carbocycles. The molecule has 1 aliphatic heterocycles. The Kier molecular flexibility index (Phi) is 6.53. The maximum absolute atomic E-state index is 3.79. The lowest BCUT2D eigenvalue weighted by atomic mass is 10.0. The van der Waals surface area contributed by atoms with Crippen LogP contribution < -0.4 is 5.32 Å². The van der Waals surface area contributed by atoms with Crippen LogP contribution in [0.1, 0.15) is 51.1 Å². The molecule has 112 valence electrons. The standard InChI is InChI=1S/C17H27BrN2/c1-3-4-11-20-12-9-17(10-13-20)19-14(2)15-5-7-16(18)8-6-15/h5-8,14,17,19H,3-4,9-13H2,1-2H3. The summed E-state index contributed by atoms with van der Waals surface area (Å²) in [6.07, 6.45) is 5.21. The van der Waals surface area contributed by atoms with E-state index in [1.165, 1.54) is 50.9 Å². The number of nitrogens with zero attached hydrogens (tertiary/aromatic N) is 1. The predicted molar refractivity (Wildman–Crippen MR) is 90.1 cm³/mol. The predicted octanol–water partition coefficient (Wildman–Crippen LogP) is 4.36. The average molecular weight is 339 g/mol. The average Bonchev–Trinajstić information content (AvgIpc) is 2.47. The first-order chi connectivity index (χ1) is 9.69. The van der Waals surface area contributed by atoms with Crippen molar-refractivity contribution >= 4 is 15.9 Å². The zero-order valence-electron chi connectivity index (χ0n) is 12.7. The first kappa shape index (κ1) is 16.0. The van der Waals surface area contributed by atoms with Crippen molar-refractivity contribution in [3.05, 3.63) is 34.3 Å². The summed E-state index contributed by atoms with van der Waals surface area (Å²) in [5.41, 5.74) is 1.38. The van der Waals surface area contributed by atoms with Crippen LogP contribution in [0.4, 0.5) is 0 Å². The van der Waals surface area contributed by atoms with E-state index in [0.717, 1.165) is 4.47 Å². The smallest absolute Gasteiger partial charge is 0.0294 e. The molecule has 0 bridgehead atoms. The van der Waals surface area contributed by atoms with Crippen molar-refractivity contribution < 1.29 is 0 Å². The monoisotopic (exact) mass is 338 g/mol. The van der Waals surface area contributed by atoms with E-state index >= 15 is 0 Å². The molecule has 1 aliphatic rings. The summed E-state index contributed by atoms with van der Waals surface area (Å²) in [6.45, 7) is 8.34. The molecule has 2 rings (SSSR count). The second-order valence-corrected chi connectivity index (χ2v) is 6.83. The molecule has 1 saturated heterocycles. The summed E-state index contributed by atoms with van der Waals surface area (Å²) < 4.78 is 1.15. The van der Waals surface area contributed by atoms with Crippen LogP contribution in [0.5, 0.6) is 0 Å². The van der Waals surface area contributed by atoms with Gasteiger partial charge in [0.1, 0.15) is 0 Å². The van der Waals surface area contributed by atoms with Crippen molar-refractivity contribution in [1.29, 1.82) is 0 Å². The fraction of sp³-hybridized carbons (Fsp3) is 0.647. The van der Waals surface area contributed by atoms with Crippen LogP contribution in [-0.2, 0) is 0 Å². The molecule has 0 spiro atoms. The molecule has 1 unspecified atom stereocenters. The number of benzene rings is 1. The van der Waals surface area contributed by atoms with Gasteiger partial charge in [-0.3, -0.25) is 0 Å².